The minimum atomic E-state index is -1.25. The molecule has 5 N–H and O–H groups in total. The van der Waals surface area contributed by atoms with Gasteiger partial charge in [0.1, 0.15) is 12.2 Å². The molecule has 0 fully saturated rings. The zero-order valence-electron chi connectivity index (χ0n) is 38.1. The zero-order valence-corrected chi connectivity index (χ0v) is 38.1. The normalized spacial score (nSPS) is 14.1. The van der Waals surface area contributed by atoms with E-state index in [9.17, 15) is 25.2 Å². The standard InChI is InChI=1S/C51H99NO5/c1-3-5-7-8-9-10-11-12-13-14-15-16-17-18-19-20-21-22-23-24-25-26-27-28-29-30-31-32-33-34-35-36-37-38-39-40-41-43-45-49(55)51(57)52-47(46-53)50(56)48(54)44-42-6-4-2/h21-22,24-25,47-50,53-56H,3-20,23,26-46H2,1-2H3,(H,52,57)/b22-21-,25-24-. The number of unbranched alkanes of at least 4 members (excludes halogenated alkanes) is 33. The Morgan fingerprint density at radius 1 is 0.439 bits per heavy atom. The highest BCUT2D eigenvalue weighted by Crippen LogP contribution is 2.17. The van der Waals surface area contributed by atoms with Crippen LogP contribution in [-0.4, -0.2) is 57.3 Å². The molecule has 0 rings (SSSR count). The van der Waals surface area contributed by atoms with E-state index in [2.05, 4.69) is 43.5 Å². The van der Waals surface area contributed by atoms with E-state index in [0.717, 1.165) is 44.9 Å². The van der Waals surface area contributed by atoms with Crippen LogP contribution in [0.25, 0.3) is 0 Å². The Bertz CT molecular complexity index is 863. The fraction of sp³-hybridized carbons (Fsp3) is 0.902. The second-order valence-corrected chi connectivity index (χ2v) is 17.5. The number of allylic oxidation sites excluding steroid dienone is 4. The summed E-state index contributed by atoms with van der Waals surface area (Å²) in [6, 6.07) is -0.979. The molecule has 0 aliphatic rings. The van der Waals surface area contributed by atoms with Crippen LogP contribution in [0.5, 0.6) is 0 Å². The van der Waals surface area contributed by atoms with Crippen molar-refractivity contribution < 1.29 is 25.2 Å². The monoisotopic (exact) mass is 806 g/mol. The highest BCUT2D eigenvalue weighted by atomic mass is 16.3. The number of aliphatic hydroxyl groups excluding tert-OH is 4. The molecule has 0 heterocycles. The van der Waals surface area contributed by atoms with Crippen LogP contribution < -0.4 is 5.32 Å². The molecule has 0 spiro atoms. The number of amides is 1. The molecule has 0 saturated carbocycles. The summed E-state index contributed by atoms with van der Waals surface area (Å²) in [5.41, 5.74) is 0. The fourth-order valence-corrected chi connectivity index (χ4v) is 7.91. The van der Waals surface area contributed by atoms with Crippen LogP contribution in [-0.2, 0) is 4.79 Å². The van der Waals surface area contributed by atoms with Gasteiger partial charge in [0.25, 0.3) is 0 Å². The van der Waals surface area contributed by atoms with E-state index >= 15 is 0 Å². The number of carbonyl (C=O) groups is 1. The number of rotatable bonds is 46. The first kappa shape index (κ1) is 55.8. The van der Waals surface area contributed by atoms with Gasteiger partial charge in [-0.2, -0.15) is 0 Å². The Morgan fingerprint density at radius 2 is 0.754 bits per heavy atom. The van der Waals surface area contributed by atoms with Gasteiger partial charge in [-0.3, -0.25) is 4.79 Å². The molecule has 338 valence electrons. The van der Waals surface area contributed by atoms with E-state index in [1.54, 1.807) is 0 Å². The summed E-state index contributed by atoms with van der Waals surface area (Å²) < 4.78 is 0. The summed E-state index contributed by atoms with van der Waals surface area (Å²) in [6.45, 7) is 3.87. The molecule has 4 unspecified atom stereocenters. The maximum absolute atomic E-state index is 12.4. The van der Waals surface area contributed by atoms with Crippen LogP contribution >= 0.6 is 0 Å². The molecule has 0 aromatic rings. The first-order valence-corrected chi connectivity index (χ1v) is 25.2. The second-order valence-electron chi connectivity index (χ2n) is 17.5. The van der Waals surface area contributed by atoms with Gasteiger partial charge in [-0.25, -0.2) is 0 Å². The van der Waals surface area contributed by atoms with Crippen LogP contribution in [0.3, 0.4) is 0 Å². The summed E-state index contributed by atoms with van der Waals surface area (Å²) in [4.78, 5) is 12.4. The van der Waals surface area contributed by atoms with E-state index in [1.807, 2.05) is 0 Å². The lowest BCUT2D eigenvalue weighted by Gasteiger charge is -2.27. The maximum Gasteiger partial charge on any atom is 0.249 e. The van der Waals surface area contributed by atoms with E-state index in [-0.39, 0.29) is 0 Å². The molecular formula is C51H99NO5. The minimum absolute atomic E-state index is 0.369. The Morgan fingerprint density at radius 3 is 1.12 bits per heavy atom. The van der Waals surface area contributed by atoms with Gasteiger partial charge in [0, 0.05) is 0 Å². The van der Waals surface area contributed by atoms with Gasteiger partial charge in [-0.15, -0.1) is 0 Å². The van der Waals surface area contributed by atoms with Crippen molar-refractivity contribution in [1.82, 2.24) is 5.32 Å². The molecule has 6 nitrogen and oxygen atoms in total. The van der Waals surface area contributed by atoms with Crippen molar-refractivity contribution in [3.05, 3.63) is 24.3 Å². The molecule has 0 radical (unpaired) electrons. The van der Waals surface area contributed by atoms with Crippen molar-refractivity contribution in [2.45, 2.75) is 289 Å². The molecule has 4 atom stereocenters. The average molecular weight is 806 g/mol. The molecule has 0 bridgehead atoms. The Balaban J connectivity index is 3.41. The Hall–Kier alpha value is -1.21. The van der Waals surface area contributed by atoms with Gasteiger partial charge in [-0.1, -0.05) is 244 Å². The topological polar surface area (TPSA) is 110 Å². The molecule has 0 saturated heterocycles. The van der Waals surface area contributed by atoms with Gasteiger partial charge in [0.15, 0.2) is 0 Å². The van der Waals surface area contributed by atoms with Gasteiger partial charge < -0.3 is 25.7 Å². The van der Waals surface area contributed by atoms with E-state index in [0.29, 0.717) is 12.8 Å². The number of hydrogen-bond acceptors (Lipinski definition) is 5. The maximum atomic E-state index is 12.4. The Kier molecular flexibility index (Phi) is 44.9. The molecule has 0 aliphatic carbocycles. The van der Waals surface area contributed by atoms with Crippen LogP contribution in [0.2, 0.25) is 0 Å². The molecule has 6 heteroatoms. The number of hydrogen-bond donors (Lipinski definition) is 5. The summed E-state index contributed by atoms with van der Waals surface area (Å²) in [6.07, 6.45) is 55.0. The van der Waals surface area contributed by atoms with E-state index < -0.39 is 36.9 Å². The lowest BCUT2D eigenvalue weighted by Crippen LogP contribution is -2.53. The van der Waals surface area contributed by atoms with Crippen LogP contribution in [0, 0.1) is 0 Å². The third-order valence-electron chi connectivity index (χ3n) is 11.9. The first-order chi connectivity index (χ1) is 28.0. The minimum Gasteiger partial charge on any atom is -0.394 e. The number of aliphatic hydroxyl groups is 4. The average Bonchev–Trinajstić information content (AvgIpc) is 3.21. The van der Waals surface area contributed by atoms with E-state index in [4.69, 9.17) is 0 Å². The molecule has 57 heavy (non-hydrogen) atoms. The smallest absolute Gasteiger partial charge is 0.249 e. The summed E-state index contributed by atoms with van der Waals surface area (Å²) in [7, 11) is 0. The van der Waals surface area contributed by atoms with E-state index in [1.165, 1.54) is 193 Å². The van der Waals surface area contributed by atoms with Gasteiger partial charge in [0.05, 0.1) is 18.8 Å². The van der Waals surface area contributed by atoms with Crippen LogP contribution in [0.15, 0.2) is 24.3 Å². The van der Waals surface area contributed by atoms with Crippen LogP contribution in [0.4, 0.5) is 0 Å². The number of nitrogens with one attached hydrogen (secondary N) is 1. The molecular weight excluding hydrogens is 707 g/mol. The zero-order chi connectivity index (χ0) is 41.7. The molecule has 1 amide bonds. The third kappa shape index (κ3) is 40.0. The van der Waals surface area contributed by atoms with Gasteiger partial charge in [0.2, 0.25) is 5.91 Å². The first-order valence-electron chi connectivity index (χ1n) is 25.2. The van der Waals surface area contributed by atoms with Crippen molar-refractivity contribution in [2.75, 3.05) is 6.61 Å². The van der Waals surface area contributed by atoms with Gasteiger partial charge in [-0.05, 0) is 44.9 Å². The van der Waals surface area contributed by atoms with Gasteiger partial charge >= 0.3 is 0 Å². The molecule has 0 aromatic carbocycles. The Labute approximate surface area is 354 Å². The van der Waals surface area contributed by atoms with Crippen LogP contribution in [0.1, 0.15) is 264 Å². The van der Waals surface area contributed by atoms with Crippen molar-refractivity contribution in [2.24, 2.45) is 0 Å². The third-order valence-corrected chi connectivity index (χ3v) is 11.9. The second kappa shape index (κ2) is 45.9. The predicted octanol–water partition coefficient (Wildman–Crippen LogP) is 13.9. The van der Waals surface area contributed by atoms with Crippen molar-refractivity contribution in [3.63, 3.8) is 0 Å². The van der Waals surface area contributed by atoms with Crippen molar-refractivity contribution in [1.29, 1.82) is 0 Å². The fourth-order valence-electron chi connectivity index (χ4n) is 7.91. The highest BCUT2D eigenvalue weighted by molar-refractivity contribution is 5.80. The largest absolute Gasteiger partial charge is 0.394 e. The SMILES string of the molecule is CCCCCCCCCCCCCCCCC/C=C\C/C=C\CCCCCCCCCCCCCCCCCCC(O)C(=O)NC(CO)C(O)C(O)CCCCC. The summed E-state index contributed by atoms with van der Waals surface area (Å²) in [5.74, 6) is -0.591. The van der Waals surface area contributed by atoms with Crippen molar-refractivity contribution >= 4 is 5.91 Å². The summed E-state index contributed by atoms with van der Waals surface area (Å²) >= 11 is 0. The van der Waals surface area contributed by atoms with Crippen molar-refractivity contribution in [3.8, 4) is 0 Å². The lowest BCUT2D eigenvalue weighted by molar-refractivity contribution is -0.132. The summed E-state index contributed by atoms with van der Waals surface area (Å²) in [5, 5.41) is 42.8. The highest BCUT2D eigenvalue weighted by Gasteiger charge is 2.28. The quantitative estimate of drug-likeness (QED) is 0.0311. The molecule has 0 aliphatic heterocycles. The number of carbonyl (C=O) groups excluding carboxylic acids is 1. The lowest BCUT2D eigenvalue weighted by atomic mass is 10.00. The molecule has 0 aromatic heterocycles. The predicted molar refractivity (Wildman–Crippen MR) is 247 cm³/mol.